The molecule has 3 nitrogen and oxygen atoms in total. The molecule has 0 aliphatic rings. The van der Waals surface area contributed by atoms with Crippen LogP contribution >= 0.6 is 0 Å². The van der Waals surface area contributed by atoms with E-state index in [1.807, 2.05) is 6.92 Å². The molecule has 0 aliphatic heterocycles. The van der Waals surface area contributed by atoms with Gasteiger partial charge in [-0.15, -0.1) is 0 Å². The molecular weight excluding hydrogens is 204 g/mol. The minimum atomic E-state index is -0.458. The Hall–Kier alpha value is -1.77. The highest BCUT2D eigenvalue weighted by Gasteiger charge is 2.15. The zero-order valence-electron chi connectivity index (χ0n) is 9.51. The van der Waals surface area contributed by atoms with E-state index < -0.39 is 6.10 Å². The number of phenolic OH excluding ortho intramolecular Hbond substituents is 1. The molecule has 0 saturated heterocycles. The van der Waals surface area contributed by atoms with Crippen LogP contribution in [0.1, 0.15) is 20.3 Å². The van der Waals surface area contributed by atoms with E-state index in [-0.39, 0.29) is 11.5 Å². The number of phenols is 1. The van der Waals surface area contributed by atoms with Gasteiger partial charge in [0.15, 0.2) is 11.9 Å². The number of ether oxygens (including phenoxy) is 1. The van der Waals surface area contributed by atoms with Crippen LogP contribution in [-0.4, -0.2) is 17.0 Å². The molecule has 1 unspecified atom stereocenters. The Morgan fingerprint density at radius 3 is 2.56 bits per heavy atom. The van der Waals surface area contributed by atoms with Crippen LogP contribution in [0.2, 0.25) is 0 Å². The predicted molar refractivity (Wildman–Crippen MR) is 62.6 cm³/mol. The molecule has 0 fully saturated rings. The molecule has 1 atom stereocenters. The Kier molecular flexibility index (Phi) is 4.58. The fraction of sp³-hybridized carbons (Fsp3) is 0.308. The molecule has 1 N–H and O–H groups in total. The summed E-state index contributed by atoms with van der Waals surface area (Å²) in [6, 6.07) is 6.34. The van der Waals surface area contributed by atoms with Gasteiger partial charge in [0.05, 0.1) is 0 Å². The Morgan fingerprint density at radius 1 is 1.44 bits per heavy atom. The van der Waals surface area contributed by atoms with Gasteiger partial charge in [-0.05, 0) is 43.7 Å². The summed E-state index contributed by atoms with van der Waals surface area (Å²) in [6.07, 6.45) is 3.37. The number of ketones is 1. The fourth-order valence-corrected chi connectivity index (χ4v) is 1.30. The van der Waals surface area contributed by atoms with E-state index >= 15 is 0 Å². The van der Waals surface area contributed by atoms with Crippen LogP contribution in [0, 0.1) is 0 Å². The summed E-state index contributed by atoms with van der Waals surface area (Å²) >= 11 is 0. The van der Waals surface area contributed by atoms with Gasteiger partial charge in [-0.3, -0.25) is 4.79 Å². The average molecular weight is 220 g/mol. The smallest absolute Gasteiger partial charge is 0.195 e. The van der Waals surface area contributed by atoms with E-state index in [0.29, 0.717) is 12.2 Å². The van der Waals surface area contributed by atoms with E-state index in [9.17, 15) is 4.79 Å². The van der Waals surface area contributed by atoms with Crippen LogP contribution in [0.15, 0.2) is 36.4 Å². The summed E-state index contributed by atoms with van der Waals surface area (Å²) in [7, 11) is 0. The monoisotopic (exact) mass is 220 g/mol. The highest BCUT2D eigenvalue weighted by Crippen LogP contribution is 2.18. The Bertz CT molecular complexity index is 365. The van der Waals surface area contributed by atoms with E-state index in [1.165, 1.54) is 18.2 Å². The summed E-state index contributed by atoms with van der Waals surface area (Å²) in [6.45, 7) is 3.69. The second-order valence-corrected chi connectivity index (χ2v) is 3.41. The van der Waals surface area contributed by atoms with E-state index in [1.54, 1.807) is 25.1 Å². The van der Waals surface area contributed by atoms with Gasteiger partial charge < -0.3 is 9.84 Å². The molecule has 1 aromatic rings. The number of aromatic hydroxyl groups is 1. The lowest BCUT2D eigenvalue weighted by Gasteiger charge is -2.14. The Morgan fingerprint density at radius 2 is 2.06 bits per heavy atom. The maximum absolute atomic E-state index is 11.6. The van der Waals surface area contributed by atoms with Crippen LogP contribution in [0.4, 0.5) is 0 Å². The molecule has 0 heterocycles. The molecule has 3 heteroatoms. The van der Waals surface area contributed by atoms with Crippen molar-refractivity contribution in [3.05, 3.63) is 36.4 Å². The van der Waals surface area contributed by atoms with Gasteiger partial charge in [-0.2, -0.15) is 0 Å². The van der Waals surface area contributed by atoms with Gasteiger partial charge in [-0.1, -0.05) is 13.0 Å². The maximum atomic E-state index is 11.6. The van der Waals surface area contributed by atoms with Crippen molar-refractivity contribution in [3.8, 4) is 11.5 Å². The lowest BCUT2D eigenvalue weighted by molar-refractivity contribution is -0.121. The standard InChI is InChI=1S/C13H16O3/c1-3-5-12(15)13(4-2)16-11-8-6-10(14)7-9-11/h3,5-9,13-14H,4H2,1-2H3. The molecule has 1 aromatic carbocycles. The summed E-state index contributed by atoms with van der Waals surface area (Å²) in [5, 5.41) is 9.11. The largest absolute Gasteiger partial charge is 0.508 e. The third kappa shape index (κ3) is 3.42. The summed E-state index contributed by atoms with van der Waals surface area (Å²) in [5.74, 6) is 0.723. The topological polar surface area (TPSA) is 46.5 Å². The number of rotatable bonds is 5. The lowest BCUT2D eigenvalue weighted by Crippen LogP contribution is -2.24. The fourth-order valence-electron chi connectivity index (χ4n) is 1.30. The van der Waals surface area contributed by atoms with Crippen molar-refractivity contribution in [3.63, 3.8) is 0 Å². The minimum Gasteiger partial charge on any atom is -0.508 e. The third-order valence-corrected chi connectivity index (χ3v) is 2.13. The van der Waals surface area contributed by atoms with Crippen LogP contribution < -0.4 is 4.74 Å². The number of hydrogen-bond acceptors (Lipinski definition) is 3. The first-order valence-corrected chi connectivity index (χ1v) is 5.29. The molecule has 0 radical (unpaired) electrons. The first-order valence-electron chi connectivity index (χ1n) is 5.29. The normalized spacial score (nSPS) is 12.6. The molecule has 0 aromatic heterocycles. The van der Waals surface area contributed by atoms with Crippen molar-refractivity contribution in [1.29, 1.82) is 0 Å². The lowest BCUT2D eigenvalue weighted by atomic mass is 10.1. The molecule has 1 rings (SSSR count). The average Bonchev–Trinajstić information content (AvgIpc) is 2.28. The van der Waals surface area contributed by atoms with Crippen LogP contribution in [0.3, 0.4) is 0 Å². The molecule has 0 spiro atoms. The zero-order chi connectivity index (χ0) is 12.0. The molecule has 0 aliphatic carbocycles. The van der Waals surface area contributed by atoms with Crippen molar-refractivity contribution < 1.29 is 14.6 Å². The first-order chi connectivity index (χ1) is 7.67. The van der Waals surface area contributed by atoms with Gasteiger partial charge >= 0.3 is 0 Å². The van der Waals surface area contributed by atoms with Crippen molar-refractivity contribution in [1.82, 2.24) is 0 Å². The molecular formula is C13H16O3. The second-order valence-electron chi connectivity index (χ2n) is 3.41. The molecule has 16 heavy (non-hydrogen) atoms. The van der Waals surface area contributed by atoms with Gasteiger partial charge in [0.2, 0.25) is 0 Å². The van der Waals surface area contributed by atoms with Crippen molar-refractivity contribution in [2.45, 2.75) is 26.4 Å². The van der Waals surface area contributed by atoms with Crippen molar-refractivity contribution in [2.24, 2.45) is 0 Å². The highest BCUT2D eigenvalue weighted by atomic mass is 16.5. The minimum absolute atomic E-state index is 0.0434. The third-order valence-electron chi connectivity index (χ3n) is 2.13. The van der Waals surface area contributed by atoms with E-state index in [2.05, 4.69) is 0 Å². The maximum Gasteiger partial charge on any atom is 0.195 e. The van der Waals surface area contributed by atoms with Crippen LogP contribution in [-0.2, 0) is 4.79 Å². The van der Waals surface area contributed by atoms with Gasteiger partial charge in [-0.25, -0.2) is 0 Å². The number of benzene rings is 1. The first kappa shape index (κ1) is 12.3. The number of carbonyl (C=O) groups excluding carboxylic acids is 1. The molecule has 0 bridgehead atoms. The number of allylic oxidation sites excluding steroid dienone is 1. The summed E-state index contributed by atoms with van der Waals surface area (Å²) in [5.41, 5.74) is 0. The number of hydrogen-bond donors (Lipinski definition) is 1. The zero-order valence-corrected chi connectivity index (χ0v) is 9.51. The SMILES string of the molecule is CC=CC(=O)C(CC)Oc1ccc(O)cc1. The second kappa shape index (κ2) is 5.95. The predicted octanol–water partition coefficient (Wildman–Crippen LogP) is 2.69. The van der Waals surface area contributed by atoms with Gasteiger partial charge in [0, 0.05) is 0 Å². The van der Waals surface area contributed by atoms with Crippen LogP contribution in [0.25, 0.3) is 0 Å². The van der Waals surface area contributed by atoms with Gasteiger partial charge in [0.1, 0.15) is 11.5 Å². The van der Waals surface area contributed by atoms with E-state index in [0.717, 1.165) is 0 Å². The summed E-state index contributed by atoms with van der Waals surface area (Å²) in [4.78, 5) is 11.6. The van der Waals surface area contributed by atoms with Crippen molar-refractivity contribution >= 4 is 5.78 Å². The Balaban J connectivity index is 2.70. The van der Waals surface area contributed by atoms with Crippen LogP contribution in [0.5, 0.6) is 11.5 Å². The Labute approximate surface area is 95.4 Å². The van der Waals surface area contributed by atoms with E-state index in [4.69, 9.17) is 9.84 Å². The van der Waals surface area contributed by atoms with Crippen molar-refractivity contribution in [2.75, 3.05) is 0 Å². The molecule has 86 valence electrons. The molecule has 0 saturated carbocycles. The molecule has 0 amide bonds. The van der Waals surface area contributed by atoms with Gasteiger partial charge in [0.25, 0.3) is 0 Å². The summed E-state index contributed by atoms with van der Waals surface area (Å²) < 4.78 is 5.52. The number of carbonyl (C=O) groups is 1. The highest BCUT2D eigenvalue weighted by molar-refractivity contribution is 5.93. The quantitative estimate of drug-likeness (QED) is 0.776.